The van der Waals surface area contributed by atoms with Crippen LogP contribution in [0.5, 0.6) is 0 Å². The normalized spacial score (nSPS) is 27.1. The number of likely N-dealkylation sites (tertiary alicyclic amines) is 1. The van der Waals surface area contributed by atoms with Crippen LogP contribution >= 0.6 is 10.7 Å². The van der Waals surface area contributed by atoms with Crippen LogP contribution in [0.15, 0.2) is 30.3 Å². The van der Waals surface area contributed by atoms with Gasteiger partial charge in [-0.05, 0) is 30.7 Å². The fraction of sp³-hybridized carbons (Fsp3) is 0.533. The third-order valence-electron chi connectivity index (χ3n) is 4.57. The minimum Gasteiger partial charge on any atom is -0.445 e. The number of rotatable bonds is 4. The van der Waals surface area contributed by atoms with E-state index in [0.717, 1.165) is 12.0 Å². The summed E-state index contributed by atoms with van der Waals surface area (Å²) in [6, 6.07) is 9.40. The number of halogens is 1. The van der Waals surface area contributed by atoms with Crippen LogP contribution < -0.4 is 0 Å². The highest BCUT2D eigenvalue weighted by molar-refractivity contribution is 8.13. The molecule has 3 rings (SSSR count). The van der Waals surface area contributed by atoms with Gasteiger partial charge >= 0.3 is 6.09 Å². The van der Waals surface area contributed by atoms with E-state index in [1.165, 1.54) is 0 Å². The monoisotopic (exact) mass is 343 g/mol. The molecule has 120 valence electrons. The highest BCUT2D eigenvalue weighted by Crippen LogP contribution is 2.47. The first kappa shape index (κ1) is 15.6. The van der Waals surface area contributed by atoms with E-state index >= 15 is 0 Å². The van der Waals surface area contributed by atoms with Gasteiger partial charge < -0.3 is 9.64 Å². The summed E-state index contributed by atoms with van der Waals surface area (Å²) in [5.41, 5.74) is 0.221. The summed E-state index contributed by atoms with van der Waals surface area (Å²) in [6.07, 6.45) is 1.85. The van der Waals surface area contributed by atoms with Gasteiger partial charge in [0.15, 0.2) is 0 Å². The summed E-state index contributed by atoms with van der Waals surface area (Å²) in [5, 5.41) is 0. The van der Waals surface area contributed by atoms with Gasteiger partial charge in [-0.1, -0.05) is 30.3 Å². The maximum Gasteiger partial charge on any atom is 0.410 e. The molecule has 2 fully saturated rings. The molecule has 1 aromatic carbocycles. The SMILES string of the molecule is O=C(OCc1ccccc1)N1CC2CCC1(CS(=O)(=O)Cl)C2. The number of ether oxygens (including phenoxy) is 1. The Morgan fingerprint density at radius 3 is 2.73 bits per heavy atom. The molecule has 2 aliphatic rings. The lowest BCUT2D eigenvalue weighted by atomic mass is 10.0. The van der Waals surface area contributed by atoms with E-state index in [1.54, 1.807) is 4.90 Å². The lowest BCUT2D eigenvalue weighted by Gasteiger charge is -2.37. The van der Waals surface area contributed by atoms with E-state index < -0.39 is 20.7 Å². The molecule has 1 saturated heterocycles. The Labute approximate surface area is 134 Å². The fourth-order valence-electron chi connectivity index (χ4n) is 3.66. The summed E-state index contributed by atoms with van der Waals surface area (Å²) in [4.78, 5) is 13.9. The first-order chi connectivity index (χ1) is 10.4. The van der Waals surface area contributed by atoms with Gasteiger partial charge in [0.2, 0.25) is 9.05 Å². The van der Waals surface area contributed by atoms with Crippen LogP contribution in [-0.4, -0.2) is 37.2 Å². The van der Waals surface area contributed by atoms with Crippen molar-refractivity contribution in [3.8, 4) is 0 Å². The quantitative estimate of drug-likeness (QED) is 0.788. The minimum atomic E-state index is -3.66. The number of piperidine rings is 1. The zero-order chi connectivity index (χ0) is 15.8. The van der Waals surface area contributed by atoms with Crippen molar-refractivity contribution in [3.63, 3.8) is 0 Å². The van der Waals surface area contributed by atoms with Crippen molar-refractivity contribution in [2.75, 3.05) is 12.3 Å². The average molecular weight is 344 g/mol. The fourth-order valence-corrected chi connectivity index (χ4v) is 5.33. The molecule has 1 heterocycles. The van der Waals surface area contributed by atoms with Gasteiger partial charge in [0.1, 0.15) is 6.61 Å². The van der Waals surface area contributed by atoms with Crippen molar-refractivity contribution in [2.24, 2.45) is 5.92 Å². The Hall–Kier alpha value is -1.27. The van der Waals surface area contributed by atoms with E-state index in [9.17, 15) is 13.2 Å². The van der Waals surface area contributed by atoms with E-state index in [2.05, 4.69) is 0 Å². The lowest BCUT2D eigenvalue weighted by Crippen LogP contribution is -2.51. The van der Waals surface area contributed by atoms with E-state index in [4.69, 9.17) is 15.4 Å². The molecule has 0 N–H and O–H groups in total. The van der Waals surface area contributed by atoms with Crippen LogP contribution in [0.2, 0.25) is 0 Å². The van der Waals surface area contributed by atoms with Crippen LogP contribution in [-0.2, 0) is 20.4 Å². The van der Waals surface area contributed by atoms with Crippen LogP contribution in [0.3, 0.4) is 0 Å². The van der Waals surface area contributed by atoms with Crippen molar-refractivity contribution in [2.45, 2.75) is 31.4 Å². The Morgan fingerprint density at radius 1 is 1.36 bits per heavy atom. The highest BCUT2D eigenvalue weighted by atomic mass is 35.7. The predicted molar refractivity (Wildman–Crippen MR) is 83.0 cm³/mol. The number of hydrogen-bond donors (Lipinski definition) is 0. The summed E-state index contributed by atoms with van der Waals surface area (Å²) in [7, 11) is 1.77. The molecule has 2 unspecified atom stereocenters. The standard InChI is InChI=1S/C15H18ClNO4S/c16-22(19,20)11-15-7-6-13(8-15)9-17(15)14(18)21-10-12-4-2-1-3-5-12/h1-5,13H,6-11H2. The molecule has 1 amide bonds. The summed E-state index contributed by atoms with van der Waals surface area (Å²) < 4.78 is 28.4. The van der Waals surface area contributed by atoms with E-state index in [1.807, 2.05) is 30.3 Å². The second-order valence-corrected chi connectivity index (χ2v) is 8.94. The zero-order valence-electron chi connectivity index (χ0n) is 12.1. The third-order valence-corrected chi connectivity index (χ3v) is 5.78. The van der Waals surface area contributed by atoms with Crippen LogP contribution in [0.4, 0.5) is 4.79 Å². The third kappa shape index (κ3) is 3.22. The number of hydrogen-bond acceptors (Lipinski definition) is 4. The Morgan fingerprint density at radius 2 is 2.09 bits per heavy atom. The summed E-state index contributed by atoms with van der Waals surface area (Å²) >= 11 is 0. The predicted octanol–water partition coefficient (Wildman–Crippen LogP) is 2.75. The minimum absolute atomic E-state index is 0.185. The zero-order valence-corrected chi connectivity index (χ0v) is 13.6. The molecule has 0 spiro atoms. The largest absolute Gasteiger partial charge is 0.445 e. The molecule has 22 heavy (non-hydrogen) atoms. The molecule has 0 radical (unpaired) electrons. The molecular formula is C15H18ClNO4S. The number of carbonyl (C=O) groups excluding carboxylic acids is 1. The molecule has 1 saturated carbocycles. The maximum absolute atomic E-state index is 12.4. The van der Waals surface area contributed by atoms with Gasteiger partial charge in [0.25, 0.3) is 0 Å². The van der Waals surface area contributed by atoms with E-state index in [-0.39, 0.29) is 12.4 Å². The van der Waals surface area contributed by atoms with Crippen molar-refractivity contribution in [3.05, 3.63) is 35.9 Å². The van der Waals surface area contributed by atoms with Crippen molar-refractivity contribution in [1.29, 1.82) is 0 Å². The van der Waals surface area contributed by atoms with E-state index in [0.29, 0.717) is 25.3 Å². The number of carbonyl (C=O) groups is 1. The van der Waals surface area contributed by atoms with Crippen molar-refractivity contribution < 1.29 is 17.9 Å². The first-order valence-electron chi connectivity index (χ1n) is 7.29. The van der Waals surface area contributed by atoms with Gasteiger partial charge in [-0.25, -0.2) is 13.2 Å². The van der Waals surface area contributed by atoms with Gasteiger partial charge in [-0.3, -0.25) is 0 Å². The Kier molecular flexibility index (Phi) is 4.07. The highest BCUT2D eigenvalue weighted by Gasteiger charge is 2.55. The Bertz CT molecular complexity index is 663. The Balaban J connectivity index is 1.69. The number of nitrogens with zero attached hydrogens (tertiary/aromatic N) is 1. The summed E-state index contributed by atoms with van der Waals surface area (Å²) in [6.45, 7) is 0.741. The van der Waals surface area contributed by atoms with Crippen LogP contribution in [0.25, 0.3) is 0 Å². The number of amides is 1. The first-order valence-corrected chi connectivity index (χ1v) is 9.76. The van der Waals surface area contributed by atoms with Gasteiger partial charge in [-0.15, -0.1) is 0 Å². The molecule has 5 nitrogen and oxygen atoms in total. The number of fused-ring (bicyclic) bond motifs is 2. The van der Waals surface area contributed by atoms with Crippen molar-refractivity contribution >= 4 is 25.8 Å². The smallest absolute Gasteiger partial charge is 0.410 e. The topological polar surface area (TPSA) is 63.7 Å². The molecule has 2 bridgehead atoms. The molecule has 0 aromatic heterocycles. The molecule has 7 heteroatoms. The molecular weight excluding hydrogens is 326 g/mol. The molecule has 1 aliphatic carbocycles. The summed E-state index contributed by atoms with van der Waals surface area (Å²) in [5.74, 6) is 0.154. The van der Waals surface area contributed by atoms with Gasteiger partial charge in [0, 0.05) is 17.2 Å². The molecule has 1 aliphatic heterocycles. The van der Waals surface area contributed by atoms with Crippen LogP contribution in [0.1, 0.15) is 24.8 Å². The lowest BCUT2D eigenvalue weighted by molar-refractivity contribution is 0.0631. The second kappa shape index (κ2) is 5.74. The van der Waals surface area contributed by atoms with Gasteiger partial charge in [0.05, 0.1) is 11.3 Å². The van der Waals surface area contributed by atoms with Gasteiger partial charge in [-0.2, -0.15) is 0 Å². The van der Waals surface area contributed by atoms with Crippen molar-refractivity contribution in [1.82, 2.24) is 4.90 Å². The number of benzene rings is 1. The average Bonchev–Trinajstić information content (AvgIpc) is 3.01. The molecule has 1 aromatic rings. The van der Waals surface area contributed by atoms with Crippen LogP contribution in [0, 0.1) is 5.92 Å². The second-order valence-electron chi connectivity index (χ2n) is 6.17. The maximum atomic E-state index is 12.4. The molecule has 2 atom stereocenters.